The summed E-state index contributed by atoms with van der Waals surface area (Å²) in [5.74, 6) is -0.450. The minimum absolute atomic E-state index is 0.212. The smallest absolute Gasteiger partial charge is 0.411 e. The molecule has 1 fully saturated rings. The van der Waals surface area contributed by atoms with Gasteiger partial charge in [-0.3, -0.25) is 0 Å². The van der Waals surface area contributed by atoms with Crippen molar-refractivity contribution in [1.82, 2.24) is 9.88 Å². The Morgan fingerprint density at radius 1 is 1.11 bits per heavy atom. The van der Waals surface area contributed by atoms with Gasteiger partial charge < -0.3 is 19.5 Å². The van der Waals surface area contributed by atoms with Gasteiger partial charge in [0.2, 0.25) is 0 Å². The molecule has 0 aliphatic carbocycles. The molecule has 1 saturated heterocycles. The van der Waals surface area contributed by atoms with Crippen molar-refractivity contribution < 1.29 is 24.2 Å². The van der Waals surface area contributed by atoms with Crippen LogP contribution < -0.4 is 0 Å². The first-order valence-corrected chi connectivity index (χ1v) is 12.6. The summed E-state index contributed by atoms with van der Waals surface area (Å²) < 4.78 is 11.2. The Labute approximate surface area is 218 Å². The molecule has 2 atom stereocenters. The molecule has 0 radical (unpaired) electrons. The average Bonchev–Trinajstić information content (AvgIpc) is 2.88. The van der Waals surface area contributed by atoms with Crippen molar-refractivity contribution in [3.8, 4) is 11.3 Å². The number of aromatic nitrogens is 1. The number of esters is 1. The monoisotopic (exact) mass is 502 g/mol. The largest absolute Gasteiger partial charge is 0.461 e. The number of nitrogens with zero attached hydrogens (tertiary/aromatic N) is 2. The van der Waals surface area contributed by atoms with Crippen LogP contribution in [-0.2, 0) is 15.1 Å². The summed E-state index contributed by atoms with van der Waals surface area (Å²) in [6.45, 7) is 7.99. The van der Waals surface area contributed by atoms with Crippen molar-refractivity contribution in [2.75, 3.05) is 13.2 Å². The Kier molecular flexibility index (Phi) is 7.64. The molecule has 7 nitrogen and oxygen atoms in total. The molecule has 7 heteroatoms. The fourth-order valence-corrected chi connectivity index (χ4v) is 4.92. The lowest BCUT2D eigenvalue weighted by Crippen LogP contribution is -2.51. The number of ether oxygens (including phenoxy) is 2. The summed E-state index contributed by atoms with van der Waals surface area (Å²) in [5.41, 5.74) is 1.75. The van der Waals surface area contributed by atoms with Gasteiger partial charge in [-0.25, -0.2) is 14.6 Å². The summed E-state index contributed by atoms with van der Waals surface area (Å²) >= 11 is 0. The Hall–Kier alpha value is -3.71. The zero-order chi connectivity index (χ0) is 26.6. The highest BCUT2D eigenvalue weighted by Gasteiger charge is 2.46. The number of carbonyl (C=O) groups excluding carboxylic acids is 2. The van der Waals surface area contributed by atoms with Crippen molar-refractivity contribution in [2.45, 2.75) is 57.8 Å². The summed E-state index contributed by atoms with van der Waals surface area (Å²) in [6.07, 6.45) is 0.476. The molecule has 4 rings (SSSR count). The zero-order valence-corrected chi connectivity index (χ0v) is 21.8. The minimum Gasteiger partial charge on any atom is -0.461 e. The van der Waals surface area contributed by atoms with Crippen LogP contribution in [0, 0.1) is 0 Å². The number of rotatable bonds is 8. The van der Waals surface area contributed by atoms with Crippen molar-refractivity contribution in [3.05, 3.63) is 89.6 Å². The SMILES string of the molecule is CCOC(=O)c1cccc(-c2ccc(C(C)N3CCC(CC(C)(C)O)(c4ccccc4)OC3=O)cc2)n1. The quantitative estimate of drug-likeness (QED) is 0.387. The number of hydrogen-bond acceptors (Lipinski definition) is 6. The highest BCUT2D eigenvalue weighted by Crippen LogP contribution is 2.42. The summed E-state index contributed by atoms with van der Waals surface area (Å²) in [5, 5.41) is 10.6. The average molecular weight is 503 g/mol. The maximum atomic E-state index is 13.3. The second-order valence-electron chi connectivity index (χ2n) is 10.1. The zero-order valence-electron chi connectivity index (χ0n) is 21.8. The number of cyclic esters (lactones) is 1. The molecule has 1 amide bonds. The third-order valence-corrected chi connectivity index (χ3v) is 6.68. The number of aliphatic hydroxyl groups is 1. The maximum Gasteiger partial charge on any atom is 0.411 e. The van der Waals surface area contributed by atoms with Gasteiger partial charge in [-0.1, -0.05) is 60.7 Å². The summed E-state index contributed by atoms with van der Waals surface area (Å²) in [6, 6.07) is 22.5. The molecule has 1 aromatic heterocycles. The summed E-state index contributed by atoms with van der Waals surface area (Å²) in [4.78, 5) is 31.5. The topological polar surface area (TPSA) is 89.0 Å². The molecule has 194 valence electrons. The Balaban J connectivity index is 1.51. The number of hydrogen-bond donors (Lipinski definition) is 1. The fourth-order valence-electron chi connectivity index (χ4n) is 4.92. The Bertz CT molecular complexity index is 1240. The van der Waals surface area contributed by atoms with Crippen molar-refractivity contribution >= 4 is 12.1 Å². The van der Waals surface area contributed by atoms with Gasteiger partial charge in [0.05, 0.1) is 23.9 Å². The predicted molar refractivity (Wildman–Crippen MR) is 141 cm³/mol. The highest BCUT2D eigenvalue weighted by molar-refractivity contribution is 5.88. The lowest BCUT2D eigenvalue weighted by Gasteiger charge is -2.45. The van der Waals surface area contributed by atoms with E-state index in [0.717, 1.165) is 16.7 Å². The van der Waals surface area contributed by atoms with Gasteiger partial charge in [-0.05, 0) is 51.0 Å². The fraction of sp³-hybridized carbons (Fsp3) is 0.367. The van der Waals surface area contributed by atoms with Crippen molar-refractivity contribution in [1.29, 1.82) is 0 Å². The summed E-state index contributed by atoms with van der Waals surface area (Å²) in [7, 11) is 0. The number of amides is 1. The molecule has 1 aliphatic rings. The predicted octanol–water partition coefficient (Wildman–Crippen LogP) is 5.89. The third-order valence-electron chi connectivity index (χ3n) is 6.68. The molecule has 0 bridgehead atoms. The Morgan fingerprint density at radius 3 is 2.43 bits per heavy atom. The molecule has 2 unspecified atom stereocenters. The van der Waals surface area contributed by atoms with Crippen LogP contribution in [-0.4, -0.2) is 45.8 Å². The van der Waals surface area contributed by atoms with Gasteiger partial charge in [0, 0.05) is 24.9 Å². The Morgan fingerprint density at radius 2 is 1.81 bits per heavy atom. The van der Waals surface area contributed by atoms with Gasteiger partial charge in [0.25, 0.3) is 0 Å². The number of carbonyl (C=O) groups is 2. The van der Waals surface area contributed by atoms with E-state index in [0.29, 0.717) is 31.7 Å². The second-order valence-corrected chi connectivity index (χ2v) is 10.1. The molecule has 37 heavy (non-hydrogen) atoms. The van der Waals surface area contributed by atoms with Crippen LogP contribution in [0.25, 0.3) is 11.3 Å². The van der Waals surface area contributed by atoms with Crippen LogP contribution in [0.5, 0.6) is 0 Å². The van der Waals surface area contributed by atoms with Crippen LogP contribution in [0.3, 0.4) is 0 Å². The van der Waals surface area contributed by atoms with E-state index in [-0.39, 0.29) is 11.7 Å². The van der Waals surface area contributed by atoms with Crippen molar-refractivity contribution in [3.63, 3.8) is 0 Å². The molecule has 1 N–H and O–H groups in total. The molecular formula is C30H34N2O5. The first-order chi connectivity index (χ1) is 17.6. The number of pyridine rings is 1. The van der Waals surface area contributed by atoms with E-state index < -0.39 is 23.3 Å². The van der Waals surface area contributed by atoms with E-state index in [9.17, 15) is 14.7 Å². The van der Waals surface area contributed by atoms with Crippen LogP contribution >= 0.6 is 0 Å². The lowest BCUT2D eigenvalue weighted by atomic mass is 9.80. The van der Waals surface area contributed by atoms with E-state index in [2.05, 4.69) is 4.98 Å². The van der Waals surface area contributed by atoms with E-state index >= 15 is 0 Å². The first-order valence-electron chi connectivity index (χ1n) is 12.6. The normalized spacial score (nSPS) is 18.7. The molecular weight excluding hydrogens is 468 g/mol. The minimum atomic E-state index is -1.00. The van der Waals surface area contributed by atoms with Crippen molar-refractivity contribution in [2.24, 2.45) is 0 Å². The van der Waals surface area contributed by atoms with Gasteiger partial charge in [-0.2, -0.15) is 0 Å². The van der Waals surface area contributed by atoms with E-state index in [4.69, 9.17) is 9.47 Å². The van der Waals surface area contributed by atoms with Crippen LogP contribution in [0.15, 0.2) is 72.8 Å². The first kappa shape index (κ1) is 26.4. The van der Waals surface area contributed by atoms with E-state index in [1.807, 2.05) is 67.6 Å². The highest BCUT2D eigenvalue weighted by atomic mass is 16.6. The van der Waals surface area contributed by atoms with Crippen LogP contribution in [0.1, 0.15) is 68.2 Å². The van der Waals surface area contributed by atoms with Gasteiger partial charge in [-0.15, -0.1) is 0 Å². The van der Waals surface area contributed by atoms with Gasteiger partial charge >= 0.3 is 12.1 Å². The molecule has 2 aromatic carbocycles. The van der Waals surface area contributed by atoms with Gasteiger partial charge in [0.1, 0.15) is 11.3 Å². The lowest BCUT2D eigenvalue weighted by molar-refractivity contribution is -0.101. The second kappa shape index (κ2) is 10.7. The maximum absolute atomic E-state index is 13.3. The standard InChI is InChI=1S/C30H34N2O5/c1-5-36-27(33)26-13-9-12-25(31-26)23-16-14-22(15-17-23)21(2)32-19-18-30(37-28(32)34,20-29(3,4)35)24-10-7-6-8-11-24/h6-17,21,35H,5,18-20H2,1-4H3. The molecule has 1 aliphatic heterocycles. The molecule has 2 heterocycles. The molecule has 3 aromatic rings. The molecule has 0 spiro atoms. The van der Waals surface area contributed by atoms with E-state index in [1.165, 1.54) is 0 Å². The third kappa shape index (κ3) is 6.00. The van der Waals surface area contributed by atoms with Crippen LogP contribution in [0.4, 0.5) is 4.79 Å². The van der Waals surface area contributed by atoms with Gasteiger partial charge in [0.15, 0.2) is 0 Å². The molecule has 0 saturated carbocycles. The van der Waals surface area contributed by atoms with E-state index in [1.54, 1.807) is 37.8 Å². The number of benzene rings is 2. The van der Waals surface area contributed by atoms with Crippen LogP contribution in [0.2, 0.25) is 0 Å².